The summed E-state index contributed by atoms with van der Waals surface area (Å²) in [7, 11) is 0. The van der Waals surface area contributed by atoms with Crippen LogP contribution in [0.4, 0.5) is 0 Å². The number of primary amides is 1. The van der Waals surface area contributed by atoms with Gasteiger partial charge in [0.1, 0.15) is 5.69 Å². The number of aromatic amines is 2. The third kappa shape index (κ3) is 3.02. The number of hydrogen-bond acceptors (Lipinski definition) is 5. The summed E-state index contributed by atoms with van der Waals surface area (Å²) in [5.74, 6) is 0.192. The van der Waals surface area contributed by atoms with E-state index in [4.69, 9.17) is 10.5 Å². The molecule has 4 N–H and O–H groups in total. The third-order valence-corrected chi connectivity index (χ3v) is 5.13. The Morgan fingerprint density at radius 3 is 2.82 bits per heavy atom. The fourth-order valence-electron chi connectivity index (χ4n) is 3.63. The van der Waals surface area contributed by atoms with Crippen molar-refractivity contribution in [2.75, 3.05) is 26.3 Å². The summed E-state index contributed by atoms with van der Waals surface area (Å²) < 4.78 is 5.41. The Morgan fingerprint density at radius 1 is 1.14 bits per heavy atom. The van der Waals surface area contributed by atoms with Gasteiger partial charge in [-0.15, -0.1) is 0 Å². The Kier molecular flexibility index (Phi) is 4.07. The standard InChI is InChI=1S/C20H20N6O2/c21-19(27)13-2-4-15-14(10-13)18(25-24-15)20-22-16-3-1-12(9-17(16)23-20)11-26-5-7-28-8-6-26/h1-4,9-10H,5-8,11H2,(H2,21,27)(H,22,23)(H,24,25). The summed E-state index contributed by atoms with van der Waals surface area (Å²) in [6.45, 7) is 4.37. The molecule has 1 aliphatic rings. The highest BCUT2D eigenvalue weighted by molar-refractivity contribution is 6.00. The van der Waals surface area contributed by atoms with Crippen molar-refractivity contribution in [1.29, 1.82) is 0 Å². The Bertz CT molecular complexity index is 1170. The molecule has 0 atom stereocenters. The first-order chi connectivity index (χ1) is 13.7. The topological polar surface area (TPSA) is 113 Å². The molecule has 2 aromatic heterocycles. The lowest BCUT2D eigenvalue weighted by molar-refractivity contribution is 0.0342. The normalized spacial score (nSPS) is 15.4. The van der Waals surface area contributed by atoms with Crippen molar-refractivity contribution in [3.8, 4) is 11.5 Å². The third-order valence-electron chi connectivity index (χ3n) is 5.13. The number of amides is 1. The zero-order valence-corrected chi connectivity index (χ0v) is 15.2. The van der Waals surface area contributed by atoms with E-state index in [9.17, 15) is 4.79 Å². The molecule has 5 rings (SSSR count). The second kappa shape index (κ2) is 6.74. The summed E-state index contributed by atoms with van der Waals surface area (Å²) in [5, 5.41) is 8.18. The van der Waals surface area contributed by atoms with Crippen LogP contribution in [0.3, 0.4) is 0 Å². The monoisotopic (exact) mass is 376 g/mol. The molecule has 1 amide bonds. The number of ether oxygens (including phenoxy) is 1. The molecule has 28 heavy (non-hydrogen) atoms. The number of benzene rings is 2. The van der Waals surface area contributed by atoms with Crippen molar-refractivity contribution in [3.63, 3.8) is 0 Å². The Hall–Kier alpha value is -3.23. The van der Waals surface area contributed by atoms with E-state index in [1.54, 1.807) is 18.2 Å². The number of H-pyrrole nitrogens is 2. The first-order valence-corrected chi connectivity index (χ1v) is 9.24. The Morgan fingerprint density at radius 2 is 2.00 bits per heavy atom. The average Bonchev–Trinajstić information content (AvgIpc) is 3.31. The molecule has 3 heterocycles. The number of aromatic nitrogens is 4. The van der Waals surface area contributed by atoms with Gasteiger partial charge in [0.05, 0.1) is 29.8 Å². The molecule has 0 radical (unpaired) electrons. The van der Waals surface area contributed by atoms with Gasteiger partial charge in [-0.1, -0.05) is 6.07 Å². The lowest BCUT2D eigenvalue weighted by Gasteiger charge is -2.26. The van der Waals surface area contributed by atoms with E-state index in [1.807, 2.05) is 6.07 Å². The van der Waals surface area contributed by atoms with E-state index in [0.29, 0.717) is 17.1 Å². The van der Waals surface area contributed by atoms with Crippen LogP contribution < -0.4 is 5.73 Å². The maximum absolute atomic E-state index is 11.5. The fourth-order valence-corrected chi connectivity index (χ4v) is 3.63. The summed E-state index contributed by atoms with van der Waals surface area (Å²) in [6, 6.07) is 11.5. The summed E-state index contributed by atoms with van der Waals surface area (Å²) in [6.07, 6.45) is 0. The zero-order chi connectivity index (χ0) is 19.1. The number of fused-ring (bicyclic) bond motifs is 2. The molecule has 0 spiro atoms. The van der Waals surface area contributed by atoms with Crippen molar-refractivity contribution < 1.29 is 9.53 Å². The maximum Gasteiger partial charge on any atom is 0.248 e. The number of morpholine rings is 1. The van der Waals surface area contributed by atoms with Crippen LogP contribution in [-0.2, 0) is 11.3 Å². The minimum Gasteiger partial charge on any atom is -0.379 e. The predicted octanol–water partition coefficient (Wildman–Crippen LogP) is 2.04. The van der Waals surface area contributed by atoms with Gasteiger partial charge >= 0.3 is 0 Å². The van der Waals surface area contributed by atoms with E-state index < -0.39 is 5.91 Å². The number of nitrogens with one attached hydrogen (secondary N) is 2. The van der Waals surface area contributed by atoms with Gasteiger partial charge in [-0.2, -0.15) is 5.10 Å². The highest BCUT2D eigenvalue weighted by Gasteiger charge is 2.15. The van der Waals surface area contributed by atoms with Gasteiger partial charge in [-0.25, -0.2) is 4.98 Å². The molecule has 8 nitrogen and oxygen atoms in total. The van der Waals surface area contributed by atoms with Crippen LogP contribution in [0.1, 0.15) is 15.9 Å². The molecule has 142 valence electrons. The van der Waals surface area contributed by atoms with E-state index in [0.717, 1.165) is 54.8 Å². The van der Waals surface area contributed by atoms with E-state index in [2.05, 4.69) is 37.2 Å². The van der Waals surface area contributed by atoms with Gasteiger partial charge in [-0.3, -0.25) is 14.8 Å². The second-order valence-corrected chi connectivity index (χ2v) is 7.02. The number of carbonyl (C=O) groups excluding carboxylic acids is 1. The molecule has 0 aliphatic carbocycles. The number of imidazole rings is 1. The highest BCUT2D eigenvalue weighted by Crippen LogP contribution is 2.27. The van der Waals surface area contributed by atoms with Crippen molar-refractivity contribution in [2.24, 2.45) is 5.73 Å². The Labute approximate surface area is 160 Å². The molecule has 0 saturated carbocycles. The van der Waals surface area contributed by atoms with Crippen molar-refractivity contribution in [3.05, 3.63) is 47.5 Å². The van der Waals surface area contributed by atoms with Gasteiger partial charge in [-0.05, 0) is 35.9 Å². The largest absolute Gasteiger partial charge is 0.379 e. The number of nitrogens with two attached hydrogens (primary N) is 1. The summed E-state index contributed by atoms with van der Waals surface area (Å²) >= 11 is 0. The molecule has 4 aromatic rings. The number of rotatable bonds is 4. The van der Waals surface area contributed by atoms with Crippen LogP contribution in [0, 0.1) is 0 Å². The fraction of sp³-hybridized carbons (Fsp3) is 0.250. The molecule has 2 aromatic carbocycles. The van der Waals surface area contributed by atoms with E-state index in [-0.39, 0.29) is 0 Å². The molecule has 0 unspecified atom stereocenters. The van der Waals surface area contributed by atoms with Crippen LogP contribution in [-0.4, -0.2) is 57.3 Å². The number of nitrogens with zero attached hydrogens (tertiary/aromatic N) is 3. The second-order valence-electron chi connectivity index (χ2n) is 7.02. The summed E-state index contributed by atoms with van der Waals surface area (Å²) in [4.78, 5) is 21.9. The SMILES string of the molecule is NC(=O)c1ccc2[nH]nc(-c3nc4ccc(CN5CCOCC5)cc4[nH]3)c2c1. The van der Waals surface area contributed by atoms with Crippen LogP contribution in [0.2, 0.25) is 0 Å². The molecule has 8 heteroatoms. The first kappa shape index (κ1) is 16.9. The molecule has 1 aliphatic heterocycles. The lowest BCUT2D eigenvalue weighted by Crippen LogP contribution is -2.35. The van der Waals surface area contributed by atoms with Crippen molar-refractivity contribution >= 4 is 27.8 Å². The van der Waals surface area contributed by atoms with Crippen molar-refractivity contribution in [1.82, 2.24) is 25.1 Å². The molecule has 0 bridgehead atoms. The smallest absolute Gasteiger partial charge is 0.248 e. The molecular formula is C20H20N6O2. The van der Waals surface area contributed by atoms with Gasteiger partial charge < -0.3 is 15.5 Å². The molecule has 1 saturated heterocycles. The van der Waals surface area contributed by atoms with Crippen LogP contribution in [0.15, 0.2) is 36.4 Å². The van der Waals surface area contributed by atoms with Crippen LogP contribution in [0.25, 0.3) is 33.5 Å². The van der Waals surface area contributed by atoms with Gasteiger partial charge in [0.15, 0.2) is 5.82 Å². The number of carbonyl (C=O) groups is 1. The van der Waals surface area contributed by atoms with Crippen LogP contribution in [0.5, 0.6) is 0 Å². The Balaban J connectivity index is 1.50. The summed E-state index contributed by atoms with van der Waals surface area (Å²) in [5.41, 5.74) is 10.4. The van der Waals surface area contributed by atoms with Crippen molar-refractivity contribution in [2.45, 2.75) is 6.54 Å². The lowest BCUT2D eigenvalue weighted by atomic mass is 10.1. The molecular weight excluding hydrogens is 356 g/mol. The van der Waals surface area contributed by atoms with Crippen LogP contribution >= 0.6 is 0 Å². The van der Waals surface area contributed by atoms with E-state index in [1.165, 1.54) is 5.56 Å². The first-order valence-electron chi connectivity index (χ1n) is 9.24. The highest BCUT2D eigenvalue weighted by atomic mass is 16.5. The van der Waals surface area contributed by atoms with E-state index >= 15 is 0 Å². The zero-order valence-electron chi connectivity index (χ0n) is 15.2. The quantitative estimate of drug-likeness (QED) is 0.504. The predicted molar refractivity (Wildman–Crippen MR) is 106 cm³/mol. The van der Waals surface area contributed by atoms with Gasteiger partial charge in [0, 0.05) is 30.6 Å². The maximum atomic E-state index is 11.5. The number of hydrogen-bond donors (Lipinski definition) is 3. The molecule has 1 fully saturated rings. The minimum atomic E-state index is -0.466. The van der Waals surface area contributed by atoms with Gasteiger partial charge in [0.25, 0.3) is 0 Å². The minimum absolute atomic E-state index is 0.444. The van der Waals surface area contributed by atoms with Gasteiger partial charge in [0.2, 0.25) is 5.91 Å². The average molecular weight is 376 g/mol.